The van der Waals surface area contributed by atoms with Crippen LogP contribution in [0.1, 0.15) is 122 Å². The number of carbonyl (C=O) groups is 6. The molecule has 1 saturated carbocycles. The summed E-state index contributed by atoms with van der Waals surface area (Å²) in [6, 6.07) is 36.1. The standard InChI is InChI=1S/C61H65N7O8/c69-56-20-18-52(58(71)62-56)67-35-50-46(60(67)73)8-4-10-54(50)75-37-40-14-12-39(13-15-40)32-65-26-28-66(29-27-65)34-45-31-49(45)48-30-41(33-64-24-22-43(23-25-64)42-6-2-1-3-7-42)16-17-44(48)38-76-55-11-5-9-47-51(55)36-68(61(47)74)53-19-21-57(70)63-59(53)72/h1-17,30,43,45,49,52-53H,18-29,31-38H2,(H,62,69,71)(H,63,70,72). The largest absolute Gasteiger partial charge is 0.489 e. The minimum Gasteiger partial charge on any atom is -0.489 e. The van der Waals surface area contributed by atoms with Gasteiger partial charge in [0, 0.05) is 80.9 Å². The number of amides is 6. The second kappa shape index (κ2) is 21.4. The lowest BCUT2D eigenvalue weighted by Crippen LogP contribution is -2.52. The highest BCUT2D eigenvalue weighted by molar-refractivity contribution is 6.06. The van der Waals surface area contributed by atoms with E-state index >= 15 is 0 Å². The molecule has 5 fully saturated rings. The maximum atomic E-state index is 13.6. The smallest absolute Gasteiger partial charge is 0.255 e. The molecule has 2 N–H and O–H groups in total. The fourth-order valence-corrected chi connectivity index (χ4v) is 12.6. The number of hydrogen-bond acceptors (Lipinski definition) is 11. The lowest BCUT2D eigenvalue weighted by Gasteiger charge is -2.35. The number of nitrogens with zero attached hydrogens (tertiary/aromatic N) is 5. The fraction of sp³-hybridized carbons (Fsp3) is 0.410. The molecule has 7 aliphatic rings. The highest BCUT2D eigenvalue weighted by Crippen LogP contribution is 2.50. The summed E-state index contributed by atoms with van der Waals surface area (Å²) in [6.45, 7) is 10.3. The second-order valence-electron chi connectivity index (χ2n) is 21.9. The van der Waals surface area contributed by atoms with Crippen LogP contribution in [-0.2, 0) is 58.6 Å². The number of likely N-dealkylation sites (tertiary alicyclic amines) is 1. The van der Waals surface area contributed by atoms with Crippen molar-refractivity contribution in [2.24, 2.45) is 5.92 Å². The molecule has 15 heteroatoms. The minimum absolute atomic E-state index is 0.205. The third-order valence-corrected chi connectivity index (χ3v) is 17.0. The van der Waals surface area contributed by atoms with Gasteiger partial charge in [-0.05, 0) is 121 Å². The van der Waals surface area contributed by atoms with Crippen molar-refractivity contribution in [3.63, 3.8) is 0 Å². The van der Waals surface area contributed by atoms with E-state index < -0.39 is 23.9 Å². The molecular formula is C61H65N7O8. The van der Waals surface area contributed by atoms with E-state index in [1.54, 1.807) is 21.9 Å². The number of piperidine rings is 3. The van der Waals surface area contributed by atoms with E-state index in [0.29, 0.717) is 66.4 Å². The van der Waals surface area contributed by atoms with Crippen LogP contribution in [0.5, 0.6) is 11.5 Å². The van der Waals surface area contributed by atoms with Gasteiger partial charge in [-0.15, -0.1) is 0 Å². The van der Waals surface area contributed by atoms with E-state index in [0.717, 1.165) is 94.9 Å². The van der Waals surface area contributed by atoms with Crippen molar-refractivity contribution in [2.45, 2.75) is 108 Å². The lowest BCUT2D eigenvalue weighted by molar-refractivity contribution is -0.138. The molecule has 0 radical (unpaired) electrons. The number of carbonyl (C=O) groups excluding carboxylic acids is 6. The van der Waals surface area contributed by atoms with Crippen molar-refractivity contribution >= 4 is 35.4 Å². The molecular weight excluding hydrogens is 959 g/mol. The summed E-state index contributed by atoms with van der Waals surface area (Å²) in [4.78, 5) is 86.8. The van der Waals surface area contributed by atoms with Crippen molar-refractivity contribution in [3.05, 3.63) is 165 Å². The number of nitrogens with one attached hydrogen (secondary N) is 2. The summed E-state index contributed by atoms with van der Waals surface area (Å²) in [5.74, 6) is 1.00. The predicted molar refractivity (Wildman–Crippen MR) is 283 cm³/mol. The average Bonchev–Trinajstić information content (AvgIpc) is 4.01. The van der Waals surface area contributed by atoms with Crippen molar-refractivity contribution in [3.8, 4) is 11.5 Å². The monoisotopic (exact) mass is 1020 g/mol. The molecule has 0 bridgehead atoms. The van der Waals surface area contributed by atoms with Gasteiger partial charge in [0.15, 0.2) is 0 Å². The third kappa shape index (κ3) is 10.5. The van der Waals surface area contributed by atoms with Crippen molar-refractivity contribution in [1.29, 1.82) is 0 Å². The van der Waals surface area contributed by atoms with E-state index in [1.165, 1.54) is 27.8 Å². The quantitative estimate of drug-likeness (QED) is 0.102. The summed E-state index contributed by atoms with van der Waals surface area (Å²) < 4.78 is 12.9. The van der Waals surface area contributed by atoms with Crippen molar-refractivity contribution in [2.75, 3.05) is 45.8 Å². The van der Waals surface area contributed by atoms with Crippen LogP contribution < -0.4 is 20.1 Å². The Labute approximate surface area is 443 Å². The number of piperazine rings is 1. The zero-order valence-electron chi connectivity index (χ0n) is 42.9. The first-order valence-electron chi connectivity index (χ1n) is 27.3. The molecule has 5 aromatic rings. The van der Waals surface area contributed by atoms with Gasteiger partial charge in [0.25, 0.3) is 11.8 Å². The number of rotatable bonds is 16. The number of ether oxygens (including phenoxy) is 2. The normalized spacial score (nSPS) is 23.4. The van der Waals surface area contributed by atoms with Gasteiger partial charge < -0.3 is 24.2 Å². The SMILES string of the molecule is O=C1CCC(N2Cc3c(OCc4ccc(CN5CCN(CC6CC6c6cc(CN7CCC(c8ccccc8)CC7)ccc6COc6cccc7c6CN(C6CCC(=O)NC6=O)C7=O)CC5)cc4)cccc3C2=O)C(=O)N1. The molecule has 4 atom stereocenters. The fourth-order valence-electron chi connectivity index (χ4n) is 12.6. The predicted octanol–water partition coefficient (Wildman–Crippen LogP) is 6.67. The molecule has 392 valence electrons. The number of benzene rings is 5. The first kappa shape index (κ1) is 49.7. The summed E-state index contributed by atoms with van der Waals surface area (Å²) in [6.07, 6.45) is 4.51. The Morgan fingerprint density at radius 3 is 1.66 bits per heavy atom. The van der Waals surface area contributed by atoms with Gasteiger partial charge >= 0.3 is 0 Å². The Morgan fingerprint density at radius 2 is 1.05 bits per heavy atom. The van der Waals surface area contributed by atoms with Crippen LogP contribution in [0.15, 0.2) is 109 Å². The van der Waals surface area contributed by atoms with E-state index in [4.69, 9.17) is 9.47 Å². The second-order valence-corrected chi connectivity index (χ2v) is 21.9. The summed E-state index contributed by atoms with van der Waals surface area (Å²) in [5, 5.41) is 4.77. The molecule has 6 amide bonds. The molecule has 15 nitrogen and oxygen atoms in total. The van der Waals surface area contributed by atoms with Gasteiger partial charge in [-0.2, -0.15) is 0 Å². The Balaban J connectivity index is 0.654. The van der Waals surface area contributed by atoms with Gasteiger partial charge in [0.05, 0.1) is 13.1 Å². The first-order chi connectivity index (χ1) is 37.1. The molecule has 0 aromatic heterocycles. The Hall–Kier alpha value is -7.20. The van der Waals surface area contributed by atoms with Gasteiger partial charge in [-0.25, -0.2) is 0 Å². The van der Waals surface area contributed by atoms with E-state index in [1.807, 2.05) is 24.3 Å². The molecule has 4 unspecified atom stereocenters. The van der Waals surface area contributed by atoms with Crippen LogP contribution in [0.3, 0.4) is 0 Å². The molecule has 6 heterocycles. The molecule has 6 aliphatic heterocycles. The Morgan fingerprint density at radius 1 is 0.513 bits per heavy atom. The maximum Gasteiger partial charge on any atom is 0.255 e. The molecule has 4 saturated heterocycles. The zero-order valence-corrected chi connectivity index (χ0v) is 42.9. The van der Waals surface area contributed by atoms with Gasteiger partial charge in [-0.1, -0.05) is 84.9 Å². The van der Waals surface area contributed by atoms with Crippen LogP contribution in [0.4, 0.5) is 0 Å². The maximum absolute atomic E-state index is 13.6. The van der Waals surface area contributed by atoms with Gasteiger partial charge in [0.1, 0.15) is 36.8 Å². The van der Waals surface area contributed by atoms with Gasteiger partial charge in [0.2, 0.25) is 23.6 Å². The van der Waals surface area contributed by atoms with Crippen molar-refractivity contribution < 1.29 is 38.2 Å². The summed E-state index contributed by atoms with van der Waals surface area (Å²) in [5.41, 5.74) is 10.2. The minimum atomic E-state index is -0.682. The van der Waals surface area contributed by atoms with Crippen molar-refractivity contribution in [1.82, 2.24) is 35.1 Å². The highest BCUT2D eigenvalue weighted by atomic mass is 16.5. The van der Waals surface area contributed by atoms with E-state index in [2.05, 4.69) is 98.1 Å². The molecule has 12 rings (SSSR count). The third-order valence-electron chi connectivity index (χ3n) is 17.0. The number of hydrogen-bond donors (Lipinski definition) is 2. The lowest BCUT2D eigenvalue weighted by atomic mass is 9.89. The molecule has 1 aliphatic carbocycles. The van der Waals surface area contributed by atoms with Crippen LogP contribution in [0, 0.1) is 5.92 Å². The topological polar surface area (TPSA) is 161 Å². The summed E-state index contributed by atoms with van der Waals surface area (Å²) in [7, 11) is 0. The molecule has 5 aromatic carbocycles. The van der Waals surface area contributed by atoms with Crippen LogP contribution >= 0.6 is 0 Å². The Kier molecular flexibility index (Phi) is 14.0. The summed E-state index contributed by atoms with van der Waals surface area (Å²) >= 11 is 0. The number of fused-ring (bicyclic) bond motifs is 2. The van der Waals surface area contributed by atoms with E-state index in [-0.39, 0.29) is 49.6 Å². The Bertz CT molecular complexity index is 3060. The first-order valence-corrected chi connectivity index (χ1v) is 27.3. The highest BCUT2D eigenvalue weighted by Gasteiger charge is 2.43. The van der Waals surface area contributed by atoms with Crippen LogP contribution in [-0.4, -0.2) is 118 Å². The zero-order chi connectivity index (χ0) is 51.9. The molecule has 0 spiro atoms. The van der Waals surface area contributed by atoms with Gasteiger partial charge in [-0.3, -0.25) is 49.2 Å². The average molecular weight is 1020 g/mol. The van der Waals surface area contributed by atoms with Crippen LogP contribution in [0.25, 0.3) is 0 Å². The van der Waals surface area contributed by atoms with Crippen LogP contribution in [0.2, 0.25) is 0 Å². The number of imide groups is 2. The molecule has 76 heavy (non-hydrogen) atoms. The van der Waals surface area contributed by atoms with E-state index in [9.17, 15) is 28.8 Å².